The Morgan fingerprint density at radius 2 is 1.89 bits per heavy atom. The van der Waals surface area contributed by atoms with Gasteiger partial charge < -0.3 is 15.4 Å². The van der Waals surface area contributed by atoms with Crippen LogP contribution in [0.2, 0.25) is 0 Å². The van der Waals surface area contributed by atoms with Gasteiger partial charge in [-0.05, 0) is 30.5 Å². The van der Waals surface area contributed by atoms with Gasteiger partial charge in [-0.2, -0.15) is 13.2 Å². The number of hydrogen-bond donors (Lipinski definition) is 3. The molecule has 27 heavy (non-hydrogen) atoms. The number of ether oxygens (including phenoxy) is 1. The average Bonchev–Trinajstić information content (AvgIpc) is 2.64. The molecule has 0 bridgehead atoms. The smallest absolute Gasteiger partial charge is 0.376 e. The molecule has 0 saturated heterocycles. The van der Waals surface area contributed by atoms with Gasteiger partial charge in [0, 0.05) is 5.69 Å². The van der Waals surface area contributed by atoms with Crippen molar-refractivity contribution >= 4 is 17.6 Å². The molecule has 0 aliphatic heterocycles. The maximum Gasteiger partial charge on any atom is 0.405 e. The minimum Gasteiger partial charge on any atom is -0.376 e. The van der Waals surface area contributed by atoms with Crippen molar-refractivity contribution in [3.8, 4) is 0 Å². The van der Waals surface area contributed by atoms with Gasteiger partial charge in [0.25, 0.3) is 0 Å². The first-order chi connectivity index (χ1) is 12.8. The van der Waals surface area contributed by atoms with Crippen molar-refractivity contribution in [1.82, 2.24) is 10.6 Å². The minimum absolute atomic E-state index is 0.244. The van der Waals surface area contributed by atoms with E-state index in [1.165, 1.54) is 19.3 Å². The van der Waals surface area contributed by atoms with Crippen molar-refractivity contribution in [2.75, 3.05) is 18.4 Å². The molecule has 1 fully saturated rings. The Hall–Kier alpha value is -2.29. The van der Waals surface area contributed by atoms with Crippen LogP contribution in [0, 0.1) is 0 Å². The summed E-state index contributed by atoms with van der Waals surface area (Å²) in [6.45, 7) is -1.26. The molecule has 1 aliphatic carbocycles. The van der Waals surface area contributed by atoms with Crippen molar-refractivity contribution < 1.29 is 27.5 Å². The number of urea groups is 1. The lowest BCUT2D eigenvalue weighted by Crippen LogP contribution is -2.45. The summed E-state index contributed by atoms with van der Waals surface area (Å²) in [5.41, 5.74) is 1.61. The number of imide groups is 1. The first-order valence-electron chi connectivity index (χ1n) is 8.91. The van der Waals surface area contributed by atoms with Crippen LogP contribution in [-0.2, 0) is 16.1 Å². The molecule has 0 heterocycles. The third-order valence-electron chi connectivity index (χ3n) is 4.12. The first kappa shape index (κ1) is 21.0. The largest absolute Gasteiger partial charge is 0.405 e. The summed E-state index contributed by atoms with van der Waals surface area (Å²) < 4.78 is 41.9. The van der Waals surface area contributed by atoms with Crippen LogP contribution in [-0.4, -0.2) is 37.3 Å². The second-order valence-corrected chi connectivity index (χ2v) is 6.47. The zero-order chi connectivity index (χ0) is 19.7. The molecule has 0 radical (unpaired) electrons. The molecule has 1 aromatic rings. The molecular weight excluding hydrogens is 363 g/mol. The molecule has 1 aromatic carbocycles. The number of hydrogen-bond acceptors (Lipinski definition) is 4. The fourth-order valence-corrected chi connectivity index (χ4v) is 2.79. The predicted molar refractivity (Wildman–Crippen MR) is 94.2 cm³/mol. The third-order valence-corrected chi connectivity index (χ3v) is 4.12. The van der Waals surface area contributed by atoms with Crippen molar-refractivity contribution in [2.24, 2.45) is 0 Å². The molecule has 3 N–H and O–H groups in total. The lowest BCUT2D eigenvalue weighted by atomic mass is 9.98. The molecule has 0 atom stereocenters. The van der Waals surface area contributed by atoms with E-state index in [0.29, 0.717) is 12.3 Å². The van der Waals surface area contributed by atoms with Crippen LogP contribution in [0.15, 0.2) is 24.3 Å². The number of nitrogens with one attached hydrogen (secondary N) is 3. The number of amides is 3. The number of carbonyl (C=O) groups excluding carboxylic acids is 2. The molecular formula is C18H24F3N3O3. The molecule has 1 aliphatic rings. The standard InChI is InChI=1S/C18H24F3N3O3/c19-18(20,21)12-23-17(26)24-16(25)10-22-14-6-4-5-13(9-14)11-27-15-7-2-1-3-8-15/h4-6,9,15,22H,1-3,7-8,10-12H2,(H2,23,24,25,26). The average molecular weight is 387 g/mol. The zero-order valence-corrected chi connectivity index (χ0v) is 14.9. The lowest BCUT2D eigenvalue weighted by Gasteiger charge is -2.22. The molecule has 150 valence electrons. The summed E-state index contributed by atoms with van der Waals surface area (Å²) in [4.78, 5) is 22.8. The first-order valence-corrected chi connectivity index (χ1v) is 8.91. The topological polar surface area (TPSA) is 79.5 Å². The summed E-state index contributed by atoms with van der Waals surface area (Å²) in [5.74, 6) is -0.737. The minimum atomic E-state index is -4.53. The van der Waals surface area contributed by atoms with E-state index >= 15 is 0 Å². The molecule has 2 rings (SSSR count). The molecule has 6 nitrogen and oxygen atoms in total. The predicted octanol–water partition coefficient (Wildman–Crippen LogP) is 3.34. The van der Waals surface area contributed by atoms with E-state index in [2.05, 4.69) is 5.32 Å². The highest BCUT2D eigenvalue weighted by molar-refractivity contribution is 5.96. The Kier molecular flexibility index (Phi) is 7.90. The van der Waals surface area contributed by atoms with Crippen LogP contribution in [0.4, 0.5) is 23.7 Å². The van der Waals surface area contributed by atoms with Crippen molar-refractivity contribution in [2.45, 2.75) is 51.0 Å². The van der Waals surface area contributed by atoms with Crippen LogP contribution >= 0.6 is 0 Å². The quantitative estimate of drug-likeness (QED) is 0.671. The van der Waals surface area contributed by atoms with E-state index in [4.69, 9.17) is 4.74 Å². The fraction of sp³-hybridized carbons (Fsp3) is 0.556. The maximum atomic E-state index is 12.0. The van der Waals surface area contributed by atoms with Crippen molar-refractivity contribution in [3.63, 3.8) is 0 Å². The van der Waals surface area contributed by atoms with Gasteiger partial charge in [-0.1, -0.05) is 31.4 Å². The number of benzene rings is 1. The Bertz CT molecular complexity index is 632. The van der Waals surface area contributed by atoms with Gasteiger partial charge in [-0.3, -0.25) is 10.1 Å². The van der Waals surface area contributed by atoms with E-state index in [-0.39, 0.29) is 12.6 Å². The second-order valence-electron chi connectivity index (χ2n) is 6.47. The molecule has 1 saturated carbocycles. The Labute approximate surface area is 155 Å². The second kappa shape index (κ2) is 10.1. The van der Waals surface area contributed by atoms with E-state index in [0.717, 1.165) is 18.4 Å². The summed E-state index contributed by atoms with van der Waals surface area (Å²) in [6.07, 6.45) is 1.56. The molecule has 0 spiro atoms. The SMILES string of the molecule is O=C(CNc1cccc(COC2CCCCC2)c1)NC(=O)NCC(F)(F)F. The highest BCUT2D eigenvalue weighted by atomic mass is 19.4. The number of halogens is 3. The number of rotatable bonds is 7. The maximum absolute atomic E-state index is 12.0. The van der Waals surface area contributed by atoms with Gasteiger partial charge in [0.2, 0.25) is 5.91 Å². The summed E-state index contributed by atoms with van der Waals surface area (Å²) in [5, 5.41) is 6.23. The van der Waals surface area contributed by atoms with Gasteiger partial charge >= 0.3 is 12.2 Å². The van der Waals surface area contributed by atoms with Gasteiger partial charge in [0.05, 0.1) is 19.3 Å². The van der Waals surface area contributed by atoms with E-state index in [1.807, 2.05) is 23.5 Å². The van der Waals surface area contributed by atoms with Gasteiger partial charge in [0.15, 0.2) is 0 Å². The summed E-state index contributed by atoms with van der Waals surface area (Å²) in [6, 6.07) is 6.13. The Morgan fingerprint density at radius 3 is 2.59 bits per heavy atom. The fourth-order valence-electron chi connectivity index (χ4n) is 2.79. The van der Waals surface area contributed by atoms with Crippen LogP contribution in [0.3, 0.4) is 0 Å². The van der Waals surface area contributed by atoms with Crippen LogP contribution < -0.4 is 16.0 Å². The highest BCUT2D eigenvalue weighted by Gasteiger charge is 2.27. The van der Waals surface area contributed by atoms with Gasteiger partial charge in [0.1, 0.15) is 6.54 Å². The Balaban J connectivity index is 1.71. The molecule has 0 unspecified atom stereocenters. The number of carbonyl (C=O) groups is 2. The van der Waals surface area contributed by atoms with E-state index in [9.17, 15) is 22.8 Å². The normalized spacial score (nSPS) is 15.2. The van der Waals surface area contributed by atoms with Gasteiger partial charge in [-0.15, -0.1) is 0 Å². The number of alkyl halides is 3. The number of anilines is 1. The van der Waals surface area contributed by atoms with E-state index in [1.54, 1.807) is 11.4 Å². The molecule has 0 aromatic heterocycles. The van der Waals surface area contributed by atoms with Crippen LogP contribution in [0.1, 0.15) is 37.7 Å². The van der Waals surface area contributed by atoms with E-state index < -0.39 is 24.7 Å². The highest BCUT2D eigenvalue weighted by Crippen LogP contribution is 2.22. The lowest BCUT2D eigenvalue weighted by molar-refractivity contribution is -0.124. The third kappa shape index (κ3) is 8.76. The van der Waals surface area contributed by atoms with Crippen molar-refractivity contribution in [1.29, 1.82) is 0 Å². The summed E-state index contributed by atoms with van der Waals surface area (Å²) in [7, 11) is 0. The molecule has 9 heteroatoms. The monoisotopic (exact) mass is 387 g/mol. The van der Waals surface area contributed by atoms with Crippen LogP contribution in [0.25, 0.3) is 0 Å². The molecule has 3 amide bonds. The zero-order valence-electron chi connectivity index (χ0n) is 14.9. The van der Waals surface area contributed by atoms with Crippen LogP contribution in [0.5, 0.6) is 0 Å². The summed E-state index contributed by atoms with van der Waals surface area (Å²) >= 11 is 0. The van der Waals surface area contributed by atoms with Gasteiger partial charge in [-0.25, -0.2) is 4.79 Å². The Morgan fingerprint density at radius 1 is 1.15 bits per heavy atom. The van der Waals surface area contributed by atoms with Crippen molar-refractivity contribution in [3.05, 3.63) is 29.8 Å².